The summed E-state index contributed by atoms with van der Waals surface area (Å²) >= 11 is 6.48. The monoisotopic (exact) mass is 541 g/mol. The molecule has 3 unspecified atom stereocenters. The summed E-state index contributed by atoms with van der Waals surface area (Å²) < 4.78 is 21.9. The van der Waals surface area contributed by atoms with Gasteiger partial charge in [0, 0.05) is 51.6 Å². The van der Waals surface area contributed by atoms with Crippen molar-refractivity contribution in [3.05, 3.63) is 46.5 Å². The number of benzene rings is 1. The van der Waals surface area contributed by atoms with Crippen LogP contribution in [0, 0.1) is 0 Å². The molecule has 0 amide bonds. The van der Waals surface area contributed by atoms with Crippen molar-refractivity contribution in [1.29, 1.82) is 0 Å². The molecule has 11 heteroatoms. The second-order valence-corrected chi connectivity index (χ2v) is 7.02. The molecule has 2 aliphatic rings. The summed E-state index contributed by atoms with van der Waals surface area (Å²) in [5.74, 6) is 0.0341. The topological polar surface area (TPSA) is 127 Å². The van der Waals surface area contributed by atoms with E-state index in [-0.39, 0.29) is 73.8 Å². The quantitative estimate of drug-likeness (QED) is 0.192. The normalized spacial score (nSPS) is 25.2. The molecular weight excluding hydrogens is 519 g/mol. The van der Waals surface area contributed by atoms with Gasteiger partial charge in [0.05, 0.1) is 31.1 Å². The number of carbonyl (C=O) groups excluding carboxylic acids is 1. The third kappa shape index (κ3) is 7.30. The minimum atomic E-state index is -0.574. The fourth-order valence-corrected chi connectivity index (χ4v) is 3.44. The summed E-state index contributed by atoms with van der Waals surface area (Å²) in [6, 6.07) is 1.53. The van der Waals surface area contributed by atoms with Gasteiger partial charge < -0.3 is 34.1 Å². The maximum absolute atomic E-state index is 13.0. The number of esters is 1. The van der Waals surface area contributed by atoms with E-state index < -0.39 is 5.97 Å². The van der Waals surface area contributed by atoms with Crippen LogP contribution in [0.25, 0.3) is 0 Å². The largest absolute Gasteiger partial charge is 0.665 e. The number of nitrogens with zero attached hydrogens (tertiary/aromatic N) is 1. The summed E-state index contributed by atoms with van der Waals surface area (Å²) in [6.45, 7) is 2.31. The zero-order valence-corrected chi connectivity index (χ0v) is 21.4. The Balaban J connectivity index is 0.00000121. The minimum absolute atomic E-state index is 0. The number of hydrogen-bond acceptors (Lipinski definition) is 8. The Morgan fingerprint density at radius 3 is 2.50 bits per heavy atom. The molecule has 3 atom stereocenters. The molecule has 3 rings (SSSR count). The van der Waals surface area contributed by atoms with E-state index in [1.165, 1.54) is 20.3 Å². The van der Waals surface area contributed by atoms with Crippen molar-refractivity contribution in [3.63, 3.8) is 0 Å². The van der Waals surface area contributed by atoms with Crippen molar-refractivity contribution < 1.29 is 71.6 Å². The molecule has 32 heavy (non-hydrogen) atoms. The molecular formula is C21H23ClNO8Y-. The van der Waals surface area contributed by atoms with E-state index in [0.717, 1.165) is 0 Å². The molecule has 1 aromatic carbocycles. The number of hydrogen-bond donors (Lipinski definition) is 2. The van der Waals surface area contributed by atoms with Gasteiger partial charge in [-0.3, -0.25) is 0 Å². The number of epoxide rings is 1. The third-order valence-electron chi connectivity index (χ3n) is 4.62. The van der Waals surface area contributed by atoms with Gasteiger partial charge in [0.1, 0.15) is 29.3 Å². The second kappa shape index (κ2) is 13.6. The van der Waals surface area contributed by atoms with Gasteiger partial charge in [-0.2, -0.15) is 0 Å². The number of halogens is 1. The van der Waals surface area contributed by atoms with Crippen LogP contribution in [-0.2, 0) is 53.4 Å². The molecule has 171 valence electrons. The molecule has 1 fully saturated rings. The van der Waals surface area contributed by atoms with E-state index in [1.807, 2.05) is 19.1 Å². The molecule has 0 aromatic heterocycles. The molecule has 1 aromatic rings. The van der Waals surface area contributed by atoms with Gasteiger partial charge in [0.15, 0.2) is 0 Å². The fraction of sp³-hybridized carbons (Fsp3) is 0.381. The molecule has 9 nitrogen and oxygen atoms in total. The van der Waals surface area contributed by atoms with Crippen molar-refractivity contribution in [1.82, 2.24) is 0 Å². The molecule has 2 aliphatic heterocycles. The van der Waals surface area contributed by atoms with Gasteiger partial charge in [0.25, 0.3) is 0 Å². The molecule has 0 spiro atoms. The minimum Gasteiger partial charge on any atom is -0.665 e. The van der Waals surface area contributed by atoms with E-state index in [9.17, 15) is 10.0 Å². The molecule has 0 aliphatic carbocycles. The fourth-order valence-electron chi connectivity index (χ4n) is 3.14. The Kier molecular flexibility index (Phi) is 11.9. The average molecular weight is 542 g/mol. The van der Waals surface area contributed by atoms with Gasteiger partial charge in [-0.1, -0.05) is 41.5 Å². The molecule has 1 saturated heterocycles. The van der Waals surface area contributed by atoms with Gasteiger partial charge in [0.2, 0.25) is 0 Å². The van der Waals surface area contributed by atoms with Crippen molar-refractivity contribution >= 4 is 29.8 Å². The van der Waals surface area contributed by atoms with Crippen molar-refractivity contribution in [2.75, 3.05) is 14.2 Å². The first-order chi connectivity index (χ1) is 14.9. The van der Waals surface area contributed by atoms with Crippen LogP contribution in [0.15, 0.2) is 35.5 Å². The molecule has 1 radical (unpaired) electrons. The van der Waals surface area contributed by atoms with Gasteiger partial charge in [-0.15, -0.1) is 0 Å². The van der Waals surface area contributed by atoms with Crippen LogP contribution < -0.4 is 9.47 Å². The number of fused-ring (bicyclic) bond motifs is 2. The zero-order chi connectivity index (χ0) is 23.0. The zero-order valence-electron chi connectivity index (χ0n) is 17.8. The summed E-state index contributed by atoms with van der Waals surface area (Å²) in [5.41, 5.74) is 0.874. The van der Waals surface area contributed by atoms with Crippen LogP contribution >= 0.6 is 11.6 Å². The summed E-state index contributed by atoms with van der Waals surface area (Å²) in [6.07, 6.45) is 7.39. The SMILES string of the molecule is COc1cc(OC)c2c(c1Cl)CC(=N/O)/C=C/C=C\C1OC1CC(C)OC2=O.O=[C-]O.[Y]. The standard InChI is InChI=1S/C20H22ClNO6.CHO2.Y/c1-11-8-15-14(28-15)7-5-4-6-12(22-24)9-13-18(20(23)27-11)16(25-2)10-17(26-3)19(13)21;2-1-3;/h4-7,10-11,14-15,24H,8-9H2,1-3H3;(H,2,3);/q;-1;/b6-4+,7-5-,22-12+;;. The van der Waals surface area contributed by atoms with Crippen LogP contribution in [-0.4, -0.2) is 61.0 Å². The average Bonchev–Trinajstić information content (AvgIpc) is 3.48. The summed E-state index contributed by atoms with van der Waals surface area (Å²) in [4.78, 5) is 21.2. The van der Waals surface area contributed by atoms with Gasteiger partial charge in [-0.05, 0) is 18.6 Å². The van der Waals surface area contributed by atoms with Gasteiger partial charge in [-0.25, -0.2) is 4.79 Å². The molecule has 0 bridgehead atoms. The number of ether oxygens (including phenoxy) is 4. The number of oxime groups is 1. The number of allylic oxidation sites excluding steroid dienone is 3. The Labute approximate surface area is 215 Å². The maximum atomic E-state index is 13.0. The number of methoxy groups -OCH3 is 2. The van der Waals surface area contributed by atoms with Crippen LogP contribution in [0.2, 0.25) is 5.02 Å². The van der Waals surface area contributed by atoms with Crippen molar-refractivity contribution in [3.8, 4) is 11.5 Å². The Morgan fingerprint density at radius 2 is 1.91 bits per heavy atom. The molecule has 2 heterocycles. The van der Waals surface area contributed by atoms with Crippen LogP contribution in [0.1, 0.15) is 29.3 Å². The first kappa shape index (κ1) is 28.1. The Hall–Kier alpha value is -1.94. The number of aliphatic hydroxyl groups excluding tert-OH is 1. The number of rotatable bonds is 2. The van der Waals surface area contributed by atoms with Crippen molar-refractivity contribution in [2.24, 2.45) is 5.16 Å². The summed E-state index contributed by atoms with van der Waals surface area (Å²) in [5, 5.41) is 19.7. The van der Waals surface area contributed by atoms with E-state index in [4.69, 9.17) is 40.4 Å². The second-order valence-electron chi connectivity index (χ2n) is 6.64. The predicted molar refractivity (Wildman–Crippen MR) is 112 cm³/mol. The Bertz CT molecular complexity index is 902. The Morgan fingerprint density at radius 1 is 1.25 bits per heavy atom. The smallest absolute Gasteiger partial charge is 0.342 e. The number of carbonyl (C=O) groups is 1. The van der Waals surface area contributed by atoms with E-state index in [2.05, 4.69) is 5.16 Å². The molecule has 2 N–H and O–H groups in total. The first-order valence-corrected chi connectivity index (χ1v) is 9.64. The summed E-state index contributed by atoms with van der Waals surface area (Å²) in [7, 11) is 2.91. The van der Waals surface area contributed by atoms with Gasteiger partial charge >= 0.3 is 5.97 Å². The van der Waals surface area contributed by atoms with E-state index in [0.29, 0.717) is 29.9 Å². The maximum Gasteiger partial charge on any atom is 0.342 e. The van der Waals surface area contributed by atoms with E-state index in [1.54, 1.807) is 12.2 Å². The van der Waals surface area contributed by atoms with E-state index >= 15 is 0 Å². The first-order valence-electron chi connectivity index (χ1n) is 9.26. The van der Waals surface area contributed by atoms with Crippen molar-refractivity contribution in [2.45, 2.75) is 38.1 Å². The third-order valence-corrected chi connectivity index (χ3v) is 5.03. The predicted octanol–water partition coefficient (Wildman–Crippen LogP) is 3.17. The molecule has 0 saturated carbocycles. The van der Waals surface area contributed by atoms with Crippen LogP contribution in [0.3, 0.4) is 0 Å². The van der Waals surface area contributed by atoms with Crippen LogP contribution in [0.5, 0.6) is 11.5 Å². The number of cyclic esters (lactones) is 1. The van der Waals surface area contributed by atoms with Crippen LogP contribution in [0.4, 0.5) is 0 Å².